The first-order valence-electron chi connectivity index (χ1n) is 5.96. The molecule has 1 saturated carbocycles. The second-order valence-electron chi connectivity index (χ2n) is 4.42. The summed E-state index contributed by atoms with van der Waals surface area (Å²) >= 11 is 2.97. The van der Waals surface area contributed by atoms with Gasteiger partial charge in [0.15, 0.2) is 0 Å². The van der Waals surface area contributed by atoms with Crippen molar-refractivity contribution >= 4 is 27.6 Å². The predicted octanol–water partition coefficient (Wildman–Crippen LogP) is 4.02. The van der Waals surface area contributed by atoms with E-state index in [4.69, 9.17) is 0 Å². The van der Waals surface area contributed by atoms with Crippen molar-refractivity contribution in [3.63, 3.8) is 0 Å². The first-order valence-corrected chi connectivity index (χ1v) is 6.75. The quantitative estimate of drug-likeness (QED) is 0.862. The fourth-order valence-corrected chi connectivity index (χ4v) is 2.15. The van der Waals surface area contributed by atoms with Gasteiger partial charge >= 0.3 is 12.4 Å². The molecule has 1 aromatic carbocycles. The second-order valence-corrected chi connectivity index (χ2v) is 5.27. The van der Waals surface area contributed by atoms with E-state index < -0.39 is 6.36 Å². The van der Waals surface area contributed by atoms with Crippen LogP contribution < -0.4 is 15.4 Å². The molecule has 2 rings (SSSR count). The highest BCUT2D eigenvalue weighted by molar-refractivity contribution is 9.10. The molecule has 0 saturated heterocycles. The molecule has 1 fully saturated rings. The van der Waals surface area contributed by atoms with Gasteiger partial charge in [-0.3, -0.25) is 0 Å². The highest BCUT2D eigenvalue weighted by atomic mass is 79.9. The first-order chi connectivity index (χ1) is 9.33. The third-order valence-electron chi connectivity index (χ3n) is 2.86. The number of carbonyl (C=O) groups excluding carboxylic acids is 1. The number of urea groups is 1. The summed E-state index contributed by atoms with van der Waals surface area (Å²) in [5.41, 5.74) is 0.378. The number of amides is 2. The standard InChI is InChI=1S/C12H12BrF3N2O2/c13-9-6-8(4-5-10(9)20-12(14,15)16)18-11(19)17-7-2-1-3-7/h4-7H,1-3H2,(H2,17,18,19). The van der Waals surface area contributed by atoms with Gasteiger partial charge in [-0.2, -0.15) is 0 Å². The van der Waals surface area contributed by atoms with Crippen LogP contribution in [0.4, 0.5) is 23.7 Å². The van der Waals surface area contributed by atoms with Crippen LogP contribution >= 0.6 is 15.9 Å². The maximum absolute atomic E-state index is 12.1. The minimum absolute atomic E-state index is 0.108. The Morgan fingerprint density at radius 1 is 1.35 bits per heavy atom. The lowest BCUT2D eigenvalue weighted by molar-refractivity contribution is -0.274. The monoisotopic (exact) mass is 352 g/mol. The van der Waals surface area contributed by atoms with Gasteiger partial charge in [0.1, 0.15) is 5.75 Å². The van der Waals surface area contributed by atoms with Gasteiger partial charge in [0.2, 0.25) is 0 Å². The molecule has 0 aromatic heterocycles. The van der Waals surface area contributed by atoms with E-state index >= 15 is 0 Å². The molecule has 8 heteroatoms. The van der Waals surface area contributed by atoms with Gasteiger partial charge in [-0.15, -0.1) is 13.2 Å². The highest BCUT2D eigenvalue weighted by Gasteiger charge is 2.32. The number of anilines is 1. The SMILES string of the molecule is O=C(Nc1ccc(OC(F)(F)F)c(Br)c1)NC1CCC1. The molecule has 0 radical (unpaired) electrons. The van der Waals surface area contributed by atoms with Gasteiger partial charge in [0.25, 0.3) is 0 Å². The van der Waals surface area contributed by atoms with Crippen LogP contribution in [0, 0.1) is 0 Å². The molecule has 0 aliphatic heterocycles. The van der Waals surface area contributed by atoms with Crippen LogP contribution in [0.3, 0.4) is 0 Å². The van der Waals surface area contributed by atoms with E-state index in [2.05, 4.69) is 31.3 Å². The summed E-state index contributed by atoms with van der Waals surface area (Å²) in [6.45, 7) is 0. The lowest BCUT2D eigenvalue weighted by Crippen LogP contribution is -2.41. The Kier molecular flexibility index (Phi) is 4.42. The van der Waals surface area contributed by atoms with Crippen LogP contribution in [-0.2, 0) is 0 Å². The third kappa shape index (κ3) is 4.29. The molecule has 2 amide bonds. The van der Waals surface area contributed by atoms with Gasteiger partial charge in [-0.1, -0.05) is 0 Å². The van der Waals surface area contributed by atoms with Crippen LogP contribution in [0.2, 0.25) is 0 Å². The van der Waals surface area contributed by atoms with E-state index in [0.717, 1.165) is 25.3 Å². The summed E-state index contributed by atoms with van der Waals surface area (Å²) in [5, 5.41) is 5.32. The number of rotatable bonds is 3. The predicted molar refractivity (Wildman–Crippen MR) is 70.6 cm³/mol. The Morgan fingerprint density at radius 2 is 2.05 bits per heavy atom. The normalized spacial score (nSPS) is 15.4. The Hall–Kier alpha value is -1.44. The van der Waals surface area contributed by atoms with Gasteiger partial charge in [-0.25, -0.2) is 4.79 Å². The summed E-state index contributed by atoms with van der Waals surface area (Å²) in [6, 6.07) is 3.64. The summed E-state index contributed by atoms with van der Waals surface area (Å²) in [4.78, 5) is 11.6. The molecule has 0 spiro atoms. The molecular weight excluding hydrogens is 341 g/mol. The van der Waals surface area contributed by atoms with Gasteiger partial charge in [0, 0.05) is 11.7 Å². The fourth-order valence-electron chi connectivity index (χ4n) is 1.69. The summed E-state index contributed by atoms with van der Waals surface area (Å²) in [6.07, 6.45) is -1.75. The minimum atomic E-state index is -4.75. The molecule has 0 heterocycles. The number of carbonyl (C=O) groups is 1. The zero-order valence-electron chi connectivity index (χ0n) is 10.3. The summed E-state index contributed by atoms with van der Waals surface area (Å²) in [5.74, 6) is -0.359. The number of halogens is 4. The molecule has 1 aromatic rings. The Morgan fingerprint density at radius 3 is 2.55 bits per heavy atom. The van der Waals surface area contributed by atoms with Crippen LogP contribution in [0.25, 0.3) is 0 Å². The van der Waals surface area contributed by atoms with Crippen molar-refractivity contribution in [2.24, 2.45) is 0 Å². The minimum Gasteiger partial charge on any atom is -0.405 e. The van der Waals surface area contributed by atoms with E-state index in [1.165, 1.54) is 12.1 Å². The molecule has 1 aliphatic carbocycles. The molecule has 0 unspecified atom stereocenters. The van der Waals surface area contributed by atoms with Crippen LogP contribution in [0.1, 0.15) is 19.3 Å². The second kappa shape index (κ2) is 5.90. The molecule has 1 aliphatic rings. The van der Waals surface area contributed by atoms with Gasteiger partial charge in [-0.05, 0) is 53.4 Å². The topological polar surface area (TPSA) is 50.4 Å². The zero-order valence-corrected chi connectivity index (χ0v) is 11.8. The summed E-state index contributed by atoms with van der Waals surface area (Å²) < 4.78 is 40.2. The maximum Gasteiger partial charge on any atom is 0.573 e. The number of ether oxygens (including phenoxy) is 1. The van der Waals surface area contributed by atoms with E-state index in [1.54, 1.807) is 0 Å². The van der Waals surface area contributed by atoms with Crippen molar-refractivity contribution in [3.05, 3.63) is 22.7 Å². The van der Waals surface area contributed by atoms with Gasteiger partial charge < -0.3 is 15.4 Å². The molecular formula is C12H12BrF3N2O2. The Balaban J connectivity index is 1.95. The average molecular weight is 353 g/mol. The Bertz CT molecular complexity index is 504. The van der Waals surface area contributed by atoms with E-state index in [9.17, 15) is 18.0 Å². The lowest BCUT2D eigenvalue weighted by atomic mass is 9.93. The molecule has 2 N–H and O–H groups in total. The maximum atomic E-state index is 12.1. The van der Waals surface area contributed by atoms with Crippen molar-refractivity contribution in [1.82, 2.24) is 5.32 Å². The molecule has 0 atom stereocenters. The van der Waals surface area contributed by atoms with Crippen LogP contribution in [0.5, 0.6) is 5.75 Å². The first kappa shape index (κ1) is 15.0. The van der Waals surface area contributed by atoms with Crippen molar-refractivity contribution in [2.75, 3.05) is 5.32 Å². The van der Waals surface area contributed by atoms with Crippen molar-refractivity contribution in [1.29, 1.82) is 0 Å². The van der Waals surface area contributed by atoms with Crippen molar-refractivity contribution in [2.45, 2.75) is 31.7 Å². The van der Waals surface area contributed by atoms with E-state index in [0.29, 0.717) is 5.69 Å². The van der Waals surface area contributed by atoms with Crippen LogP contribution in [0.15, 0.2) is 22.7 Å². The lowest BCUT2D eigenvalue weighted by Gasteiger charge is -2.26. The Labute approximate surface area is 121 Å². The average Bonchev–Trinajstić information content (AvgIpc) is 2.26. The number of benzene rings is 1. The molecule has 0 bridgehead atoms. The molecule has 20 heavy (non-hydrogen) atoms. The van der Waals surface area contributed by atoms with Gasteiger partial charge in [0.05, 0.1) is 4.47 Å². The smallest absolute Gasteiger partial charge is 0.405 e. The van der Waals surface area contributed by atoms with E-state index in [1.807, 2.05) is 0 Å². The van der Waals surface area contributed by atoms with Crippen molar-refractivity contribution in [3.8, 4) is 5.75 Å². The highest BCUT2D eigenvalue weighted by Crippen LogP contribution is 2.32. The number of alkyl halides is 3. The molecule has 110 valence electrons. The largest absolute Gasteiger partial charge is 0.573 e. The van der Waals surface area contributed by atoms with E-state index in [-0.39, 0.29) is 22.3 Å². The number of hydrogen-bond donors (Lipinski definition) is 2. The van der Waals surface area contributed by atoms with Crippen LogP contribution in [-0.4, -0.2) is 18.4 Å². The zero-order chi connectivity index (χ0) is 14.8. The molecule has 4 nitrogen and oxygen atoms in total. The summed E-state index contributed by atoms with van der Waals surface area (Å²) in [7, 11) is 0. The number of nitrogens with one attached hydrogen (secondary N) is 2. The van der Waals surface area contributed by atoms with Crippen molar-refractivity contribution < 1.29 is 22.7 Å². The fraction of sp³-hybridized carbons (Fsp3) is 0.417. The third-order valence-corrected chi connectivity index (χ3v) is 3.48. The number of hydrogen-bond acceptors (Lipinski definition) is 2.